The van der Waals surface area contributed by atoms with Crippen molar-refractivity contribution in [3.8, 4) is 0 Å². The van der Waals surface area contributed by atoms with E-state index in [1.54, 1.807) is 38.5 Å². The molecule has 0 aliphatic carbocycles. The first-order chi connectivity index (χ1) is 17.1. The molecule has 6 nitrogen and oxygen atoms in total. The number of fused-ring (bicyclic) bond motifs is 2. The molecule has 36 heavy (non-hydrogen) atoms. The Morgan fingerprint density at radius 1 is 1.08 bits per heavy atom. The van der Waals surface area contributed by atoms with E-state index in [-0.39, 0.29) is 36.6 Å². The number of aromatic amines is 1. The number of piperidine rings is 1. The van der Waals surface area contributed by atoms with Gasteiger partial charge in [0.25, 0.3) is 5.91 Å². The average Bonchev–Trinajstić information content (AvgIpc) is 3.25. The molecule has 1 saturated heterocycles. The van der Waals surface area contributed by atoms with Crippen molar-refractivity contribution >= 4 is 27.8 Å². The number of rotatable bonds is 4. The van der Waals surface area contributed by atoms with E-state index in [4.69, 9.17) is 0 Å². The molecule has 3 heterocycles. The van der Waals surface area contributed by atoms with Crippen molar-refractivity contribution in [1.29, 1.82) is 0 Å². The summed E-state index contributed by atoms with van der Waals surface area (Å²) in [7, 11) is 3.22. The van der Waals surface area contributed by atoms with Crippen molar-refractivity contribution in [2.45, 2.75) is 31.0 Å². The fourth-order valence-corrected chi connectivity index (χ4v) is 5.05. The Morgan fingerprint density at radius 2 is 1.81 bits per heavy atom. The highest BCUT2D eigenvalue weighted by Gasteiger charge is 2.47. The number of benzene rings is 2. The third kappa shape index (κ3) is 4.53. The number of pyridine rings is 1. The van der Waals surface area contributed by atoms with Gasteiger partial charge in [0.1, 0.15) is 11.6 Å². The van der Waals surface area contributed by atoms with E-state index in [9.17, 15) is 22.4 Å². The SMILES string of the molecule is CN(C)C(=O)c1ccc2nc(C(N3CCC(c4ccnc5ccc(F)cc45)CC3)C(F)(F)F)[nH]c2c1. The van der Waals surface area contributed by atoms with E-state index in [2.05, 4.69) is 15.0 Å². The van der Waals surface area contributed by atoms with Crippen LogP contribution in [0.25, 0.3) is 21.9 Å². The number of likely N-dealkylation sites (tertiary alicyclic amines) is 1. The number of amides is 1. The van der Waals surface area contributed by atoms with Crippen LogP contribution < -0.4 is 0 Å². The first kappa shape index (κ1) is 24.2. The second kappa shape index (κ2) is 9.16. The number of carbonyl (C=O) groups excluding carboxylic acids is 1. The minimum atomic E-state index is -4.55. The van der Waals surface area contributed by atoms with Crippen LogP contribution in [0.1, 0.15) is 46.5 Å². The molecule has 10 heteroatoms. The number of imidazole rings is 1. The number of hydrogen-bond acceptors (Lipinski definition) is 4. The molecule has 0 saturated carbocycles. The third-order valence-electron chi connectivity index (χ3n) is 6.79. The van der Waals surface area contributed by atoms with E-state index in [0.29, 0.717) is 40.3 Å². The summed E-state index contributed by atoms with van der Waals surface area (Å²) in [6, 6.07) is 8.98. The van der Waals surface area contributed by atoms with Crippen molar-refractivity contribution in [2.24, 2.45) is 0 Å². The van der Waals surface area contributed by atoms with Crippen LogP contribution in [0.4, 0.5) is 17.6 Å². The van der Waals surface area contributed by atoms with Crippen LogP contribution in [0.2, 0.25) is 0 Å². The Kier molecular flexibility index (Phi) is 6.15. The molecular formula is C26H25F4N5O. The van der Waals surface area contributed by atoms with Crippen molar-refractivity contribution in [1.82, 2.24) is 24.8 Å². The van der Waals surface area contributed by atoms with Gasteiger partial charge in [0, 0.05) is 31.2 Å². The van der Waals surface area contributed by atoms with Gasteiger partial charge in [-0.15, -0.1) is 0 Å². The highest BCUT2D eigenvalue weighted by atomic mass is 19.4. The molecule has 1 amide bonds. The van der Waals surface area contributed by atoms with Gasteiger partial charge in [0.15, 0.2) is 6.04 Å². The van der Waals surface area contributed by atoms with E-state index in [1.807, 2.05) is 6.07 Å². The van der Waals surface area contributed by atoms with Gasteiger partial charge in [-0.25, -0.2) is 9.37 Å². The van der Waals surface area contributed by atoms with Crippen molar-refractivity contribution in [2.75, 3.05) is 27.2 Å². The maximum atomic E-state index is 14.3. The molecule has 1 aliphatic heterocycles. The van der Waals surface area contributed by atoms with E-state index in [1.165, 1.54) is 28.0 Å². The molecule has 2 aromatic heterocycles. The third-order valence-corrected chi connectivity index (χ3v) is 6.79. The molecule has 1 unspecified atom stereocenters. The Labute approximate surface area is 204 Å². The Morgan fingerprint density at radius 3 is 2.50 bits per heavy atom. The number of halogens is 4. The smallest absolute Gasteiger partial charge is 0.345 e. The largest absolute Gasteiger partial charge is 0.411 e. The van der Waals surface area contributed by atoms with Crippen LogP contribution in [-0.2, 0) is 0 Å². The number of nitrogens with one attached hydrogen (secondary N) is 1. The number of aromatic nitrogens is 3. The summed E-state index contributed by atoms with van der Waals surface area (Å²) >= 11 is 0. The lowest BCUT2D eigenvalue weighted by Crippen LogP contribution is -2.43. The average molecular weight is 500 g/mol. The minimum absolute atomic E-state index is 0.00212. The highest BCUT2D eigenvalue weighted by molar-refractivity contribution is 5.97. The van der Waals surface area contributed by atoms with Crippen molar-refractivity contribution in [3.05, 3.63) is 71.4 Å². The normalized spacial score (nSPS) is 16.5. The zero-order valence-electron chi connectivity index (χ0n) is 19.8. The van der Waals surface area contributed by atoms with E-state index < -0.39 is 12.2 Å². The predicted octanol–water partition coefficient (Wildman–Crippen LogP) is 5.44. The summed E-state index contributed by atoms with van der Waals surface area (Å²) in [6.07, 6.45) is -1.91. The predicted molar refractivity (Wildman–Crippen MR) is 128 cm³/mol. The van der Waals surface area contributed by atoms with Crippen LogP contribution in [0.15, 0.2) is 48.7 Å². The van der Waals surface area contributed by atoms with Gasteiger partial charge >= 0.3 is 6.18 Å². The lowest BCUT2D eigenvalue weighted by Gasteiger charge is -2.37. The van der Waals surface area contributed by atoms with Crippen LogP contribution in [0, 0.1) is 5.82 Å². The first-order valence-electron chi connectivity index (χ1n) is 11.7. The summed E-state index contributed by atoms with van der Waals surface area (Å²) < 4.78 is 56.8. The van der Waals surface area contributed by atoms with Gasteiger partial charge in [-0.3, -0.25) is 14.7 Å². The lowest BCUT2D eigenvalue weighted by atomic mass is 9.87. The minimum Gasteiger partial charge on any atom is -0.345 e. The van der Waals surface area contributed by atoms with Crippen LogP contribution in [0.5, 0.6) is 0 Å². The van der Waals surface area contributed by atoms with Crippen LogP contribution >= 0.6 is 0 Å². The fraction of sp³-hybridized carbons (Fsp3) is 0.346. The second-order valence-electron chi connectivity index (χ2n) is 9.37. The quantitative estimate of drug-likeness (QED) is 0.380. The zero-order valence-corrected chi connectivity index (χ0v) is 19.8. The molecule has 1 fully saturated rings. The maximum absolute atomic E-state index is 14.3. The number of hydrogen-bond donors (Lipinski definition) is 1. The Bertz CT molecular complexity index is 1420. The lowest BCUT2D eigenvalue weighted by molar-refractivity contribution is -0.191. The summed E-state index contributed by atoms with van der Waals surface area (Å²) in [4.78, 5) is 26.4. The second-order valence-corrected chi connectivity index (χ2v) is 9.37. The van der Waals surface area contributed by atoms with Gasteiger partial charge in [0.2, 0.25) is 0 Å². The number of alkyl halides is 3. The Balaban J connectivity index is 1.41. The standard InChI is InChI=1S/C26H25F4N5O/c1-34(2)25(36)16-3-5-21-22(13-16)33-24(32-21)23(26(28,29)30)35-11-8-15(9-12-35)18-7-10-31-20-6-4-17(27)14-19(18)20/h3-7,10,13-15,23H,8-9,11-12H2,1-2H3,(H,32,33). The number of carbonyl (C=O) groups is 1. The molecule has 0 radical (unpaired) electrons. The first-order valence-corrected chi connectivity index (χ1v) is 11.7. The number of nitrogens with zero attached hydrogens (tertiary/aromatic N) is 4. The maximum Gasteiger partial charge on any atom is 0.411 e. The summed E-state index contributed by atoms with van der Waals surface area (Å²) in [6.45, 7) is 0.408. The van der Waals surface area contributed by atoms with Gasteiger partial charge in [-0.1, -0.05) is 0 Å². The van der Waals surface area contributed by atoms with Gasteiger partial charge < -0.3 is 9.88 Å². The number of H-pyrrole nitrogens is 1. The molecule has 1 atom stereocenters. The molecule has 0 spiro atoms. The summed E-state index contributed by atoms with van der Waals surface area (Å²) in [5, 5.41) is 0.698. The Hall–Kier alpha value is -3.53. The molecule has 1 N–H and O–H groups in total. The molecular weight excluding hydrogens is 474 g/mol. The highest BCUT2D eigenvalue weighted by Crippen LogP contribution is 2.41. The fourth-order valence-electron chi connectivity index (χ4n) is 5.05. The van der Waals surface area contributed by atoms with Crippen molar-refractivity contribution in [3.63, 3.8) is 0 Å². The summed E-state index contributed by atoms with van der Waals surface area (Å²) in [5.74, 6) is -0.808. The molecule has 4 aromatic rings. The van der Waals surface area contributed by atoms with Crippen LogP contribution in [-0.4, -0.2) is 64.0 Å². The molecule has 5 rings (SSSR count). The van der Waals surface area contributed by atoms with E-state index in [0.717, 1.165) is 5.56 Å². The van der Waals surface area contributed by atoms with Gasteiger partial charge in [-0.2, -0.15) is 13.2 Å². The molecule has 188 valence electrons. The van der Waals surface area contributed by atoms with E-state index >= 15 is 0 Å². The molecule has 1 aliphatic rings. The monoisotopic (exact) mass is 499 g/mol. The molecule has 2 aromatic carbocycles. The van der Waals surface area contributed by atoms with Crippen molar-refractivity contribution < 1.29 is 22.4 Å². The van der Waals surface area contributed by atoms with Crippen LogP contribution in [0.3, 0.4) is 0 Å². The zero-order chi connectivity index (χ0) is 25.6. The topological polar surface area (TPSA) is 65.1 Å². The summed E-state index contributed by atoms with van der Waals surface area (Å²) in [5.41, 5.74) is 2.69. The van der Waals surface area contributed by atoms with Gasteiger partial charge in [0.05, 0.1) is 16.6 Å². The molecule has 0 bridgehead atoms. The van der Waals surface area contributed by atoms with Gasteiger partial charge in [-0.05, 0) is 79.9 Å².